The maximum Gasteiger partial charge on any atom is 0.422 e. The first-order chi connectivity index (χ1) is 23.9. The molecule has 3 aromatic carbocycles. The fourth-order valence-corrected chi connectivity index (χ4v) is 7.33. The summed E-state index contributed by atoms with van der Waals surface area (Å²) in [6, 6.07) is 13.2. The van der Waals surface area contributed by atoms with E-state index in [0.717, 1.165) is 0 Å². The number of benzene rings is 3. The summed E-state index contributed by atoms with van der Waals surface area (Å²) in [6.45, 7) is -3.59. The minimum atomic E-state index is -4.81. The standard InChI is InChI=1S/C33H26ClF6N3O7S/c1-48-22-7-3-2-6-20(22)31(10-11-31)30(45)43-51(46,47)14-17-8-9-18(21(34)13-17)26-23-24(29(42-26)50-16-33(38,39)40)25-19(5-4-12-41-25)28(27(23)44)49-15-32(35,36)37/h2-9,12-13,42,44H,10-11,14-16H2,1H3,(H,43,45). The molecule has 10 nitrogen and oxygen atoms in total. The van der Waals surface area contributed by atoms with E-state index in [0.29, 0.717) is 24.2 Å². The molecule has 3 N–H and O–H groups in total. The molecule has 0 atom stereocenters. The number of aromatic amines is 1. The molecule has 2 aromatic heterocycles. The molecule has 51 heavy (non-hydrogen) atoms. The van der Waals surface area contributed by atoms with Crippen LogP contribution in [0.3, 0.4) is 0 Å². The molecule has 1 amide bonds. The highest BCUT2D eigenvalue weighted by Crippen LogP contribution is 2.52. The number of methoxy groups -OCH3 is 1. The number of nitrogens with one attached hydrogen (secondary N) is 2. The monoisotopic (exact) mass is 757 g/mol. The second-order valence-electron chi connectivity index (χ2n) is 11.8. The Labute approximate surface area is 290 Å². The molecular formula is C33H26ClF6N3O7S. The maximum atomic E-state index is 13.2. The summed E-state index contributed by atoms with van der Waals surface area (Å²) in [6.07, 6.45) is -7.59. The van der Waals surface area contributed by atoms with Gasteiger partial charge in [0.25, 0.3) is 0 Å². The van der Waals surface area contributed by atoms with Gasteiger partial charge in [-0.3, -0.25) is 14.5 Å². The quantitative estimate of drug-likeness (QED) is 0.119. The Balaban J connectivity index is 1.37. The minimum Gasteiger partial charge on any atom is -0.504 e. The number of alkyl halides is 6. The molecule has 0 bridgehead atoms. The number of nitrogens with zero attached hydrogens (tertiary/aromatic N) is 1. The number of aromatic nitrogens is 2. The summed E-state index contributed by atoms with van der Waals surface area (Å²) in [5, 5.41) is 10.4. The van der Waals surface area contributed by atoms with Gasteiger partial charge in [0.05, 0.1) is 45.3 Å². The molecule has 0 saturated heterocycles. The summed E-state index contributed by atoms with van der Waals surface area (Å²) < 4.78 is 123. The summed E-state index contributed by atoms with van der Waals surface area (Å²) in [5.74, 6) is -3.07. The Morgan fingerprint density at radius 1 is 1.00 bits per heavy atom. The lowest BCUT2D eigenvalue weighted by Gasteiger charge is -2.18. The van der Waals surface area contributed by atoms with Gasteiger partial charge in [0.2, 0.25) is 21.8 Å². The molecule has 1 saturated carbocycles. The molecule has 0 aliphatic heterocycles. The molecule has 1 aliphatic carbocycles. The van der Waals surface area contributed by atoms with E-state index in [1.54, 1.807) is 24.3 Å². The third-order valence-electron chi connectivity index (χ3n) is 8.18. The zero-order valence-corrected chi connectivity index (χ0v) is 27.8. The summed E-state index contributed by atoms with van der Waals surface area (Å²) in [7, 11) is -2.86. The van der Waals surface area contributed by atoms with E-state index in [4.69, 9.17) is 25.8 Å². The van der Waals surface area contributed by atoms with Crippen molar-refractivity contribution in [2.45, 2.75) is 36.4 Å². The van der Waals surface area contributed by atoms with Crippen LogP contribution in [-0.2, 0) is 26.0 Å². The van der Waals surface area contributed by atoms with Crippen LogP contribution in [0.4, 0.5) is 26.3 Å². The van der Waals surface area contributed by atoms with Crippen molar-refractivity contribution in [1.29, 1.82) is 0 Å². The van der Waals surface area contributed by atoms with Gasteiger partial charge in [0.15, 0.2) is 24.7 Å². The van der Waals surface area contributed by atoms with Crippen molar-refractivity contribution in [2.24, 2.45) is 0 Å². The average Bonchev–Trinajstić information content (AvgIpc) is 3.77. The Bertz CT molecular complexity index is 2270. The molecular weight excluding hydrogens is 732 g/mol. The van der Waals surface area contributed by atoms with E-state index >= 15 is 0 Å². The van der Waals surface area contributed by atoms with Crippen molar-refractivity contribution >= 4 is 49.2 Å². The summed E-state index contributed by atoms with van der Waals surface area (Å²) in [4.78, 5) is 20.0. The number of para-hydroxylation sites is 1. The lowest BCUT2D eigenvalue weighted by molar-refractivity contribution is -0.154. The Morgan fingerprint density at radius 2 is 1.69 bits per heavy atom. The molecule has 2 heterocycles. The average molecular weight is 758 g/mol. The number of aromatic hydroxyl groups is 1. The fourth-order valence-electron chi connectivity index (χ4n) is 5.86. The summed E-state index contributed by atoms with van der Waals surface area (Å²) >= 11 is 6.57. The number of ether oxygens (including phenoxy) is 3. The number of amides is 1. The third-order valence-corrected chi connectivity index (χ3v) is 9.70. The molecule has 6 rings (SSSR count). The van der Waals surface area contributed by atoms with Gasteiger partial charge in [0, 0.05) is 22.7 Å². The Hall–Kier alpha value is -4.90. The van der Waals surface area contributed by atoms with Crippen molar-refractivity contribution in [1.82, 2.24) is 14.7 Å². The first-order valence-electron chi connectivity index (χ1n) is 14.9. The van der Waals surface area contributed by atoms with E-state index in [1.807, 2.05) is 0 Å². The number of fused-ring (bicyclic) bond motifs is 3. The lowest BCUT2D eigenvalue weighted by Crippen LogP contribution is -2.39. The van der Waals surface area contributed by atoms with Gasteiger partial charge in [-0.05, 0) is 42.7 Å². The van der Waals surface area contributed by atoms with Gasteiger partial charge in [-0.25, -0.2) is 8.42 Å². The molecule has 18 heteroatoms. The van der Waals surface area contributed by atoms with Crippen LogP contribution in [0, 0.1) is 0 Å². The third kappa shape index (κ3) is 7.30. The van der Waals surface area contributed by atoms with Crippen molar-refractivity contribution < 1.29 is 58.9 Å². The van der Waals surface area contributed by atoms with Crippen LogP contribution in [0.2, 0.25) is 5.02 Å². The number of phenolic OH excluding ortho intramolecular Hbond substituents is 1. The number of halogens is 7. The highest BCUT2D eigenvalue weighted by Gasteiger charge is 2.53. The van der Waals surface area contributed by atoms with Gasteiger partial charge in [0.1, 0.15) is 5.75 Å². The molecule has 1 fully saturated rings. The number of rotatable bonds is 11. The van der Waals surface area contributed by atoms with E-state index < -0.39 is 70.0 Å². The summed E-state index contributed by atoms with van der Waals surface area (Å²) in [5.41, 5.74) is -0.800. The number of H-pyrrole nitrogens is 1. The SMILES string of the molecule is COc1ccccc1C1(C(=O)NS(=O)(=O)Cc2ccc(-c3[nH]c(OCC(F)(F)F)c4c3c(O)c(OCC(F)(F)F)c3cccnc34)c(Cl)c2)CC1. The van der Waals surface area contributed by atoms with Gasteiger partial charge in [-0.1, -0.05) is 41.9 Å². The number of hydrogen-bond acceptors (Lipinski definition) is 8. The van der Waals surface area contributed by atoms with Crippen LogP contribution >= 0.6 is 11.6 Å². The zero-order chi connectivity index (χ0) is 36.9. The van der Waals surface area contributed by atoms with Crippen LogP contribution in [0.1, 0.15) is 24.0 Å². The normalized spacial score (nSPS) is 14.4. The molecule has 0 unspecified atom stereocenters. The minimum absolute atomic E-state index is 0.00540. The maximum absolute atomic E-state index is 13.2. The van der Waals surface area contributed by atoms with Crippen LogP contribution in [0.15, 0.2) is 60.8 Å². The highest BCUT2D eigenvalue weighted by molar-refractivity contribution is 7.89. The van der Waals surface area contributed by atoms with E-state index in [2.05, 4.69) is 14.7 Å². The topological polar surface area (TPSA) is 140 Å². The molecule has 5 aromatic rings. The number of phenols is 1. The predicted molar refractivity (Wildman–Crippen MR) is 173 cm³/mol. The van der Waals surface area contributed by atoms with Crippen molar-refractivity contribution in [3.8, 4) is 34.4 Å². The molecule has 1 aliphatic rings. The van der Waals surface area contributed by atoms with E-state index in [-0.39, 0.29) is 43.5 Å². The van der Waals surface area contributed by atoms with Crippen molar-refractivity contribution in [2.75, 3.05) is 20.3 Å². The predicted octanol–water partition coefficient (Wildman–Crippen LogP) is 7.31. The number of carbonyl (C=O) groups is 1. The van der Waals surface area contributed by atoms with Crippen LogP contribution in [-0.4, -0.2) is 62.1 Å². The Kier molecular flexibility index (Phi) is 9.16. The van der Waals surface area contributed by atoms with E-state index in [9.17, 15) is 44.7 Å². The van der Waals surface area contributed by atoms with Crippen LogP contribution in [0.5, 0.6) is 23.1 Å². The Morgan fingerprint density at radius 3 is 2.33 bits per heavy atom. The first-order valence-corrected chi connectivity index (χ1v) is 17.0. The van der Waals surface area contributed by atoms with Crippen molar-refractivity contribution in [3.05, 3.63) is 76.9 Å². The second-order valence-corrected chi connectivity index (χ2v) is 13.9. The molecule has 0 radical (unpaired) electrons. The van der Waals surface area contributed by atoms with Crippen LogP contribution in [0.25, 0.3) is 32.9 Å². The second kappa shape index (κ2) is 13.0. The van der Waals surface area contributed by atoms with Crippen molar-refractivity contribution in [3.63, 3.8) is 0 Å². The smallest absolute Gasteiger partial charge is 0.422 e. The van der Waals surface area contributed by atoms with Gasteiger partial charge < -0.3 is 24.3 Å². The number of hydrogen-bond donors (Lipinski definition) is 3. The van der Waals surface area contributed by atoms with Gasteiger partial charge in [-0.2, -0.15) is 26.3 Å². The fraction of sp³-hybridized carbons (Fsp3) is 0.273. The number of pyridine rings is 1. The van der Waals surface area contributed by atoms with Gasteiger partial charge >= 0.3 is 12.4 Å². The van der Waals surface area contributed by atoms with E-state index in [1.165, 1.54) is 43.6 Å². The largest absolute Gasteiger partial charge is 0.504 e. The number of carbonyl (C=O) groups excluding carboxylic acids is 1. The molecule has 0 spiro atoms. The zero-order valence-electron chi connectivity index (χ0n) is 26.2. The number of sulfonamides is 1. The van der Waals surface area contributed by atoms with Crippen LogP contribution < -0.4 is 18.9 Å². The van der Waals surface area contributed by atoms with Gasteiger partial charge in [-0.15, -0.1) is 0 Å². The lowest BCUT2D eigenvalue weighted by atomic mass is 9.94. The highest BCUT2D eigenvalue weighted by atomic mass is 35.5. The first kappa shape index (κ1) is 35.9. The molecule has 270 valence electrons.